The van der Waals surface area contributed by atoms with E-state index in [1.807, 2.05) is 60.7 Å². The molecule has 4 nitrogen and oxygen atoms in total. The Balaban J connectivity index is 1.63. The van der Waals surface area contributed by atoms with Crippen molar-refractivity contribution in [2.24, 2.45) is 0 Å². The molecule has 0 spiro atoms. The first-order valence-electron chi connectivity index (χ1n) is 12.5. The molecule has 0 amide bonds. The minimum Gasteiger partial charge on any atom is -0.243 e. The van der Waals surface area contributed by atoms with Crippen molar-refractivity contribution in [3.05, 3.63) is 96.1 Å². The molecule has 9 rings (SSSR count). The normalized spacial score (nSPS) is 12.2. The van der Waals surface area contributed by atoms with Gasteiger partial charge in [0.05, 0.1) is 33.2 Å². The third-order valence-corrected chi connectivity index (χ3v) is 8.20. The van der Waals surface area contributed by atoms with Gasteiger partial charge >= 0.3 is 0 Å². The molecule has 1 aromatic heterocycles. The fourth-order valence-corrected chi connectivity index (χ4v) is 6.74. The number of hydrogen-bond donors (Lipinski definition) is 0. The van der Waals surface area contributed by atoms with E-state index in [1.165, 1.54) is 0 Å². The second-order valence-electron chi connectivity index (χ2n) is 9.89. The van der Waals surface area contributed by atoms with Crippen LogP contribution in [-0.2, 0) is 0 Å². The molecule has 170 valence electrons. The van der Waals surface area contributed by atoms with Gasteiger partial charge in [-0.2, -0.15) is 10.5 Å². The fourth-order valence-electron chi connectivity index (χ4n) is 6.74. The molecule has 0 N–H and O–H groups in total. The van der Waals surface area contributed by atoms with Crippen molar-refractivity contribution in [2.75, 3.05) is 0 Å². The highest BCUT2D eigenvalue weighted by molar-refractivity contribution is 6.40. The van der Waals surface area contributed by atoms with E-state index in [9.17, 15) is 10.5 Å². The second kappa shape index (κ2) is 6.59. The van der Waals surface area contributed by atoms with Crippen LogP contribution < -0.4 is 0 Å². The molecule has 0 bridgehead atoms. The van der Waals surface area contributed by atoms with Crippen LogP contribution in [-0.4, -0.2) is 9.97 Å². The maximum absolute atomic E-state index is 10.1. The molecule has 0 atom stereocenters. The van der Waals surface area contributed by atoms with Crippen molar-refractivity contribution in [3.63, 3.8) is 0 Å². The summed E-state index contributed by atoms with van der Waals surface area (Å²) >= 11 is 0. The molecule has 9 aromatic rings. The number of nitriles is 2. The summed E-state index contributed by atoms with van der Waals surface area (Å²) in [7, 11) is 0. The summed E-state index contributed by atoms with van der Waals surface area (Å²) < 4.78 is 0. The van der Waals surface area contributed by atoms with Gasteiger partial charge in [0.1, 0.15) is 12.1 Å². The lowest BCUT2D eigenvalue weighted by Gasteiger charge is -2.07. The lowest BCUT2D eigenvalue weighted by Crippen LogP contribution is -1.85. The number of aromatic nitrogens is 2. The molecule has 1 heterocycles. The third kappa shape index (κ3) is 2.08. The lowest BCUT2D eigenvalue weighted by atomic mass is 9.94. The first-order chi connectivity index (χ1) is 18.8. The number of hydrogen-bond acceptors (Lipinski definition) is 4. The predicted octanol–water partition coefficient (Wildman–Crippen LogP) is 8.32. The standard InChI is InChI=1S/C34H14N4/c35-15-25-17-7-1-3-9-19(17)29-27-21(25)11-5-13-23(27)31-33(29)37-32-24-14-6-12-22-26(16-36)18-8-2-4-10-20(18)30(28(22)24)34(32)38-31/h1-14H. The van der Waals surface area contributed by atoms with Crippen LogP contribution in [0.5, 0.6) is 0 Å². The molecule has 0 unspecified atom stereocenters. The quantitative estimate of drug-likeness (QED) is 0.205. The summed E-state index contributed by atoms with van der Waals surface area (Å²) in [5, 5.41) is 32.2. The molecular formula is C34H14N4. The minimum atomic E-state index is 0.687. The molecule has 0 saturated carbocycles. The van der Waals surface area contributed by atoms with Gasteiger partial charge in [-0.25, -0.2) is 9.97 Å². The van der Waals surface area contributed by atoms with Crippen LogP contribution in [0.3, 0.4) is 0 Å². The molecule has 0 radical (unpaired) electrons. The Morgan fingerprint density at radius 2 is 0.737 bits per heavy atom. The molecule has 0 aliphatic carbocycles. The van der Waals surface area contributed by atoms with E-state index in [0.29, 0.717) is 11.1 Å². The van der Waals surface area contributed by atoms with Gasteiger partial charge in [0.15, 0.2) is 0 Å². The Morgan fingerprint density at radius 3 is 1.16 bits per heavy atom. The van der Waals surface area contributed by atoms with Gasteiger partial charge in [-0.05, 0) is 10.8 Å². The van der Waals surface area contributed by atoms with Crippen molar-refractivity contribution in [1.29, 1.82) is 10.5 Å². The Labute approximate surface area is 215 Å². The summed E-state index contributed by atoms with van der Waals surface area (Å²) in [5.41, 5.74) is 4.77. The van der Waals surface area contributed by atoms with Gasteiger partial charge in [0.2, 0.25) is 0 Å². The molecule has 0 aliphatic rings. The van der Waals surface area contributed by atoms with Crippen LogP contribution in [0.4, 0.5) is 0 Å². The van der Waals surface area contributed by atoms with Gasteiger partial charge in [-0.3, -0.25) is 0 Å². The van der Waals surface area contributed by atoms with Crippen LogP contribution in [0, 0.1) is 22.7 Å². The highest BCUT2D eigenvalue weighted by Gasteiger charge is 2.24. The summed E-state index contributed by atoms with van der Waals surface area (Å²) in [6.45, 7) is 0. The fraction of sp³-hybridized carbons (Fsp3) is 0. The van der Waals surface area contributed by atoms with Crippen LogP contribution in [0.1, 0.15) is 11.1 Å². The van der Waals surface area contributed by atoms with Crippen molar-refractivity contribution >= 4 is 86.7 Å². The van der Waals surface area contributed by atoms with Crippen LogP contribution in [0.25, 0.3) is 86.7 Å². The van der Waals surface area contributed by atoms with E-state index < -0.39 is 0 Å². The van der Waals surface area contributed by atoms with E-state index in [-0.39, 0.29) is 0 Å². The summed E-state index contributed by atoms with van der Waals surface area (Å²) in [6, 6.07) is 33.3. The minimum absolute atomic E-state index is 0.687. The Hall–Kier alpha value is -5.58. The van der Waals surface area contributed by atoms with Crippen molar-refractivity contribution in [3.8, 4) is 12.1 Å². The Morgan fingerprint density at radius 1 is 0.368 bits per heavy atom. The number of fused-ring (bicyclic) bond motifs is 10. The zero-order valence-corrected chi connectivity index (χ0v) is 19.9. The van der Waals surface area contributed by atoms with Gasteiger partial charge in [0, 0.05) is 53.9 Å². The molecule has 4 heteroatoms. The molecular weight excluding hydrogens is 464 g/mol. The van der Waals surface area contributed by atoms with E-state index >= 15 is 0 Å². The summed E-state index contributed by atoms with van der Waals surface area (Å²) in [4.78, 5) is 10.7. The highest BCUT2D eigenvalue weighted by Crippen LogP contribution is 2.47. The SMILES string of the molecule is N#Cc1c2ccccc2c2c3nc4c5cccc6c(C#N)c7ccccc7c(c4nc3c3cccc1c32)c65. The van der Waals surface area contributed by atoms with Crippen molar-refractivity contribution in [1.82, 2.24) is 9.97 Å². The van der Waals surface area contributed by atoms with E-state index in [2.05, 4.69) is 36.4 Å². The van der Waals surface area contributed by atoms with Crippen LogP contribution in [0.15, 0.2) is 84.9 Å². The van der Waals surface area contributed by atoms with E-state index in [0.717, 1.165) is 86.7 Å². The average molecular weight is 479 g/mol. The molecule has 8 aromatic carbocycles. The lowest BCUT2D eigenvalue weighted by molar-refractivity contribution is 1.46. The van der Waals surface area contributed by atoms with Crippen LogP contribution >= 0.6 is 0 Å². The van der Waals surface area contributed by atoms with Crippen molar-refractivity contribution < 1.29 is 0 Å². The first-order valence-corrected chi connectivity index (χ1v) is 12.5. The van der Waals surface area contributed by atoms with Gasteiger partial charge in [-0.1, -0.05) is 84.9 Å². The predicted molar refractivity (Wildman–Crippen MR) is 154 cm³/mol. The molecule has 0 fully saturated rings. The zero-order valence-electron chi connectivity index (χ0n) is 19.9. The van der Waals surface area contributed by atoms with Crippen LogP contribution in [0.2, 0.25) is 0 Å². The van der Waals surface area contributed by atoms with E-state index in [1.54, 1.807) is 0 Å². The molecule has 0 saturated heterocycles. The van der Waals surface area contributed by atoms with Gasteiger partial charge < -0.3 is 0 Å². The van der Waals surface area contributed by atoms with Gasteiger partial charge in [0.25, 0.3) is 0 Å². The maximum atomic E-state index is 10.1. The summed E-state index contributed by atoms with van der Waals surface area (Å²) in [6.07, 6.45) is 0. The average Bonchev–Trinajstić information content (AvgIpc) is 3.47. The number of rotatable bonds is 0. The monoisotopic (exact) mass is 478 g/mol. The number of benzene rings is 6. The molecule has 38 heavy (non-hydrogen) atoms. The third-order valence-electron chi connectivity index (χ3n) is 8.20. The largest absolute Gasteiger partial charge is 0.243 e. The highest BCUT2D eigenvalue weighted by atomic mass is 14.8. The van der Waals surface area contributed by atoms with Crippen molar-refractivity contribution in [2.45, 2.75) is 0 Å². The van der Waals surface area contributed by atoms with Gasteiger partial charge in [-0.15, -0.1) is 0 Å². The smallest absolute Gasteiger partial charge is 0.100 e. The summed E-state index contributed by atoms with van der Waals surface area (Å²) in [5.74, 6) is 0. The first kappa shape index (κ1) is 19.6. The second-order valence-corrected chi connectivity index (χ2v) is 9.89. The Kier molecular flexibility index (Phi) is 3.40. The maximum Gasteiger partial charge on any atom is 0.100 e. The topological polar surface area (TPSA) is 73.4 Å². The zero-order chi connectivity index (χ0) is 25.1. The van der Waals surface area contributed by atoms with E-state index in [4.69, 9.17) is 9.97 Å². The molecule has 0 aliphatic heterocycles. The number of nitrogens with zero attached hydrogens (tertiary/aromatic N) is 4. The Bertz CT molecular complexity index is 2400.